The number of aryl methyl sites for hydroxylation is 1. The van der Waals surface area contributed by atoms with Crippen LogP contribution in [0.2, 0.25) is 0 Å². The molecule has 1 atom stereocenters. The van der Waals surface area contributed by atoms with Gasteiger partial charge in [-0.25, -0.2) is 4.98 Å². The Balaban J connectivity index is 1.91. The summed E-state index contributed by atoms with van der Waals surface area (Å²) in [4.78, 5) is 8.59. The van der Waals surface area contributed by atoms with Crippen molar-refractivity contribution in [1.29, 1.82) is 0 Å². The van der Waals surface area contributed by atoms with Crippen LogP contribution in [0.15, 0.2) is 61.2 Å². The first-order chi connectivity index (χ1) is 10.3. The van der Waals surface area contributed by atoms with Crippen LogP contribution in [-0.2, 0) is 6.42 Å². The zero-order valence-electron chi connectivity index (χ0n) is 12.0. The monoisotopic (exact) mass is 278 g/mol. The molecule has 0 saturated heterocycles. The van der Waals surface area contributed by atoms with Crippen LogP contribution in [0.5, 0.6) is 0 Å². The lowest BCUT2D eigenvalue weighted by Gasteiger charge is -2.16. The summed E-state index contributed by atoms with van der Waals surface area (Å²) in [6.07, 6.45) is 6.20. The fraction of sp³-hybridized carbons (Fsp3) is 0.176. The average molecular weight is 278 g/mol. The Morgan fingerprint density at radius 3 is 2.71 bits per heavy atom. The summed E-state index contributed by atoms with van der Waals surface area (Å²) in [6, 6.07) is 14.1. The number of rotatable bonds is 4. The van der Waals surface area contributed by atoms with E-state index in [9.17, 15) is 0 Å². The highest BCUT2D eigenvalue weighted by Gasteiger charge is 2.14. The summed E-state index contributed by atoms with van der Waals surface area (Å²) in [5, 5.41) is 0. The van der Waals surface area contributed by atoms with Gasteiger partial charge in [0.15, 0.2) is 0 Å². The molecule has 4 nitrogen and oxygen atoms in total. The standard InChI is InChI=1S/C17H18N4/c1-13-16(8-5-9-20-13)21-12-19-11-17(21)15(18)10-14-6-3-2-4-7-14/h2-9,11-12,15H,10,18H2,1H3/t15-/m1/s1. The molecule has 106 valence electrons. The smallest absolute Gasteiger partial charge is 0.0995 e. The summed E-state index contributed by atoms with van der Waals surface area (Å²) in [6.45, 7) is 1.99. The van der Waals surface area contributed by atoms with Crippen molar-refractivity contribution in [2.45, 2.75) is 19.4 Å². The fourth-order valence-electron chi connectivity index (χ4n) is 2.48. The lowest BCUT2D eigenvalue weighted by molar-refractivity contribution is 0.677. The van der Waals surface area contributed by atoms with E-state index in [1.807, 2.05) is 48.0 Å². The SMILES string of the molecule is Cc1ncccc1-n1cncc1[C@H](N)Cc1ccccc1. The zero-order chi connectivity index (χ0) is 14.7. The van der Waals surface area contributed by atoms with Gasteiger partial charge in [-0.15, -0.1) is 0 Å². The van der Waals surface area contributed by atoms with Gasteiger partial charge in [0, 0.05) is 6.20 Å². The maximum Gasteiger partial charge on any atom is 0.0995 e. The molecule has 2 aromatic heterocycles. The summed E-state index contributed by atoms with van der Waals surface area (Å²) < 4.78 is 2.02. The predicted molar refractivity (Wildman–Crippen MR) is 83.2 cm³/mol. The molecule has 2 N–H and O–H groups in total. The van der Waals surface area contributed by atoms with E-state index in [0.29, 0.717) is 0 Å². The largest absolute Gasteiger partial charge is 0.322 e. The highest BCUT2D eigenvalue weighted by atomic mass is 15.1. The Labute approximate surface area is 124 Å². The molecule has 0 saturated carbocycles. The summed E-state index contributed by atoms with van der Waals surface area (Å²) in [5.41, 5.74) is 10.6. The van der Waals surface area contributed by atoms with Crippen molar-refractivity contribution in [3.8, 4) is 5.69 Å². The van der Waals surface area contributed by atoms with E-state index in [1.165, 1.54) is 5.56 Å². The molecule has 0 aliphatic heterocycles. The molecule has 0 radical (unpaired) electrons. The maximum atomic E-state index is 6.38. The number of nitrogens with two attached hydrogens (primary N) is 1. The number of aromatic nitrogens is 3. The molecule has 1 aromatic carbocycles. The Hall–Kier alpha value is -2.46. The van der Waals surface area contributed by atoms with Crippen LogP contribution >= 0.6 is 0 Å². The van der Waals surface area contributed by atoms with Crippen LogP contribution in [0.4, 0.5) is 0 Å². The first kappa shape index (κ1) is 13.5. The molecule has 0 spiro atoms. The van der Waals surface area contributed by atoms with Gasteiger partial charge in [-0.2, -0.15) is 0 Å². The molecular weight excluding hydrogens is 260 g/mol. The first-order valence-electron chi connectivity index (χ1n) is 6.99. The highest BCUT2D eigenvalue weighted by molar-refractivity contribution is 5.38. The lowest BCUT2D eigenvalue weighted by atomic mass is 10.0. The number of hydrogen-bond acceptors (Lipinski definition) is 3. The Bertz CT molecular complexity index is 718. The number of pyridine rings is 1. The van der Waals surface area contributed by atoms with Gasteiger partial charge in [-0.3, -0.25) is 9.55 Å². The van der Waals surface area contributed by atoms with Gasteiger partial charge >= 0.3 is 0 Å². The van der Waals surface area contributed by atoms with E-state index in [0.717, 1.165) is 23.5 Å². The minimum Gasteiger partial charge on any atom is -0.322 e. The maximum absolute atomic E-state index is 6.38. The second kappa shape index (κ2) is 5.89. The third-order valence-electron chi connectivity index (χ3n) is 3.58. The molecule has 4 heteroatoms. The Morgan fingerprint density at radius 1 is 1.14 bits per heavy atom. The van der Waals surface area contributed by atoms with Gasteiger partial charge in [-0.05, 0) is 31.0 Å². The van der Waals surface area contributed by atoms with Gasteiger partial charge in [0.25, 0.3) is 0 Å². The summed E-state index contributed by atoms with van der Waals surface area (Å²) in [5.74, 6) is 0. The number of benzene rings is 1. The number of nitrogens with zero attached hydrogens (tertiary/aromatic N) is 3. The van der Waals surface area contributed by atoms with Crippen molar-refractivity contribution in [2.24, 2.45) is 5.73 Å². The van der Waals surface area contributed by atoms with Crippen LogP contribution in [0.3, 0.4) is 0 Å². The average Bonchev–Trinajstić information content (AvgIpc) is 2.98. The second-order valence-electron chi connectivity index (χ2n) is 5.09. The normalized spacial score (nSPS) is 12.3. The molecule has 2 heterocycles. The molecular formula is C17H18N4. The second-order valence-corrected chi connectivity index (χ2v) is 5.09. The molecule has 0 aliphatic rings. The minimum absolute atomic E-state index is 0.102. The van der Waals surface area contributed by atoms with Crippen molar-refractivity contribution < 1.29 is 0 Å². The minimum atomic E-state index is -0.102. The van der Waals surface area contributed by atoms with Gasteiger partial charge in [0.2, 0.25) is 0 Å². The van der Waals surface area contributed by atoms with Crippen LogP contribution in [0, 0.1) is 6.92 Å². The van der Waals surface area contributed by atoms with Crippen molar-refractivity contribution in [3.05, 3.63) is 78.1 Å². The molecule has 0 aliphatic carbocycles. The topological polar surface area (TPSA) is 56.7 Å². The van der Waals surface area contributed by atoms with Gasteiger partial charge < -0.3 is 5.73 Å². The van der Waals surface area contributed by atoms with E-state index >= 15 is 0 Å². The summed E-state index contributed by atoms with van der Waals surface area (Å²) >= 11 is 0. The molecule has 3 aromatic rings. The quantitative estimate of drug-likeness (QED) is 0.798. The van der Waals surface area contributed by atoms with Crippen LogP contribution in [0.25, 0.3) is 5.69 Å². The Kier molecular flexibility index (Phi) is 3.79. The third kappa shape index (κ3) is 2.85. The molecule has 0 unspecified atom stereocenters. The van der Waals surface area contributed by atoms with Crippen molar-refractivity contribution >= 4 is 0 Å². The van der Waals surface area contributed by atoms with Crippen molar-refractivity contribution in [2.75, 3.05) is 0 Å². The van der Waals surface area contributed by atoms with Crippen LogP contribution < -0.4 is 5.73 Å². The van der Waals surface area contributed by atoms with E-state index < -0.39 is 0 Å². The fourth-order valence-corrected chi connectivity index (χ4v) is 2.48. The van der Waals surface area contributed by atoms with Crippen LogP contribution in [0.1, 0.15) is 23.0 Å². The molecule has 3 rings (SSSR count). The Morgan fingerprint density at radius 2 is 1.95 bits per heavy atom. The van der Waals surface area contributed by atoms with E-state index in [1.54, 1.807) is 12.5 Å². The first-order valence-corrected chi connectivity index (χ1v) is 6.99. The van der Waals surface area contributed by atoms with Crippen molar-refractivity contribution in [1.82, 2.24) is 14.5 Å². The lowest BCUT2D eigenvalue weighted by Crippen LogP contribution is -2.17. The van der Waals surface area contributed by atoms with Gasteiger partial charge in [0.05, 0.1) is 35.6 Å². The van der Waals surface area contributed by atoms with E-state index in [2.05, 4.69) is 22.1 Å². The number of hydrogen-bond donors (Lipinski definition) is 1. The third-order valence-corrected chi connectivity index (χ3v) is 3.58. The molecule has 0 fully saturated rings. The van der Waals surface area contributed by atoms with E-state index in [-0.39, 0.29) is 6.04 Å². The number of imidazole rings is 1. The summed E-state index contributed by atoms with van der Waals surface area (Å²) in [7, 11) is 0. The van der Waals surface area contributed by atoms with E-state index in [4.69, 9.17) is 5.73 Å². The molecule has 21 heavy (non-hydrogen) atoms. The van der Waals surface area contributed by atoms with Crippen molar-refractivity contribution in [3.63, 3.8) is 0 Å². The highest BCUT2D eigenvalue weighted by Crippen LogP contribution is 2.20. The molecule has 0 bridgehead atoms. The zero-order valence-corrected chi connectivity index (χ0v) is 12.0. The van der Waals surface area contributed by atoms with Crippen LogP contribution in [-0.4, -0.2) is 14.5 Å². The predicted octanol–water partition coefficient (Wildman–Crippen LogP) is 2.82. The van der Waals surface area contributed by atoms with Gasteiger partial charge in [0.1, 0.15) is 0 Å². The van der Waals surface area contributed by atoms with Gasteiger partial charge in [-0.1, -0.05) is 30.3 Å². The molecule has 0 amide bonds.